The molecule has 1 saturated heterocycles. The molecule has 234 valence electrons. The highest BCUT2D eigenvalue weighted by Gasteiger charge is 2.31. The topological polar surface area (TPSA) is 166 Å². The predicted molar refractivity (Wildman–Crippen MR) is 160 cm³/mol. The van der Waals surface area contributed by atoms with Crippen LogP contribution in [0.15, 0.2) is 0 Å². The summed E-state index contributed by atoms with van der Waals surface area (Å²) in [6.07, 6.45) is 2.25. The molecular weight excluding hydrogens is 734 g/mol. The number of aliphatic hydroxyl groups excluding tert-OH is 5. The molecule has 0 unspecified atom stereocenters. The molecule has 0 aliphatic carbocycles. The Kier molecular flexibility index (Phi) is 33.7. The first-order valence-electron chi connectivity index (χ1n) is 12.4. The van der Waals surface area contributed by atoms with Crippen LogP contribution in [0.3, 0.4) is 0 Å². The van der Waals surface area contributed by atoms with Gasteiger partial charge >= 0.3 is 0 Å². The fraction of sp³-hybridized carbons (Fsp3) is 1.00. The molecular formula is C24H52I2O12. The lowest BCUT2D eigenvalue weighted by atomic mass is 9.88. The quantitative estimate of drug-likeness (QED) is 0.0783. The molecule has 1 rings (SSSR count). The molecule has 0 atom stereocenters. The van der Waals surface area contributed by atoms with E-state index in [4.69, 9.17) is 49.2 Å². The summed E-state index contributed by atoms with van der Waals surface area (Å²) < 4.78 is 34.6. The maximum Gasteiger partial charge on any atom is 0.149 e. The summed E-state index contributed by atoms with van der Waals surface area (Å²) in [5, 5.41) is 45.1. The summed E-state index contributed by atoms with van der Waals surface area (Å²) in [5.74, 6) is 0. The van der Waals surface area contributed by atoms with Gasteiger partial charge < -0.3 is 58.7 Å². The fourth-order valence-electron chi connectivity index (χ4n) is 2.73. The second-order valence-corrected chi connectivity index (χ2v) is 9.00. The first-order chi connectivity index (χ1) is 18.3. The Balaban J connectivity index is -0.000000472. The van der Waals surface area contributed by atoms with Crippen LogP contribution in [0.5, 0.6) is 0 Å². The highest BCUT2D eigenvalue weighted by atomic mass is 128. The average Bonchev–Trinajstić information content (AvgIpc) is 3.00. The number of rotatable bonds is 18. The van der Waals surface area contributed by atoms with Crippen molar-refractivity contribution in [3.63, 3.8) is 0 Å². The Bertz CT molecular complexity index is 441. The molecule has 0 aromatic carbocycles. The number of hydrogen-bond donors (Lipinski definition) is 5. The van der Waals surface area contributed by atoms with Gasteiger partial charge in [0.25, 0.3) is 0 Å². The molecule has 38 heavy (non-hydrogen) atoms. The first kappa shape index (κ1) is 43.4. The zero-order chi connectivity index (χ0) is 29.8. The molecule has 1 fully saturated rings. The Labute approximate surface area is 251 Å². The third kappa shape index (κ3) is 20.0. The van der Waals surface area contributed by atoms with Crippen molar-refractivity contribution in [1.29, 1.82) is 0 Å². The van der Waals surface area contributed by atoms with Crippen molar-refractivity contribution in [3.05, 3.63) is 0 Å². The Hall–Kier alpha value is 0.980. The molecule has 12 nitrogen and oxygen atoms in total. The molecule has 14 heteroatoms. The van der Waals surface area contributed by atoms with Gasteiger partial charge in [-0.1, -0.05) is 20.8 Å². The number of methoxy groups -OCH3 is 2. The van der Waals surface area contributed by atoms with Crippen molar-refractivity contribution in [2.45, 2.75) is 40.0 Å². The Morgan fingerprint density at radius 1 is 0.684 bits per heavy atom. The molecule has 0 aromatic heterocycles. The van der Waals surface area contributed by atoms with E-state index < -0.39 is 10.8 Å². The van der Waals surface area contributed by atoms with Gasteiger partial charge in [-0.25, -0.2) is 0 Å². The monoisotopic (exact) mass is 786 g/mol. The van der Waals surface area contributed by atoms with E-state index in [0.29, 0.717) is 39.5 Å². The third-order valence-corrected chi connectivity index (χ3v) is 6.30. The Morgan fingerprint density at radius 2 is 1.08 bits per heavy atom. The highest BCUT2D eigenvalue weighted by molar-refractivity contribution is 15.0. The zero-order valence-electron chi connectivity index (χ0n) is 23.7. The van der Waals surface area contributed by atoms with E-state index in [-0.39, 0.29) is 65.4 Å². The molecule has 0 bridgehead atoms. The van der Waals surface area contributed by atoms with Crippen LogP contribution >= 0.6 is 37.2 Å². The highest BCUT2D eigenvalue weighted by Crippen LogP contribution is 2.25. The second kappa shape index (κ2) is 29.5. The van der Waals surface area contributed by atoms with Crippen LogP contribution in [-0.2, 0) is 33.2 Å². The van der Waals surface area contributed by atoms with Crippen molar-refractivity contribution in [2.24, 2.45) is 16.2 Å². The van der Waals surface area contributed by atoms with Gasteiger partial charge in [0.15, 0.2) is 0 Å². The fourth-order valence-corrected chi connectivity index (χ4v) is 2.73. The van der Waals surface area contributed by atoms with Gasteiger partial charge in [0.1, 0.15) is 27.2 Å². The molecule has 0 amide bonds. The van der Waals surface area contributed by atoms with Crippen molar-refractivity contribution < 1.29 is 58.7 Å². The van der Waals surface area contributed by atoms with Crippen LogP contribution in [0, 0.1) is 16.2 Å². The van der Waals surface area contributed by atoms with Gasteiger partial charge in [0, 0.05) is 67.7 Å². The minimum atomic E-state index is -0.559. The van der Waals surface area contributed by atoms with Crippen LogP contribution in [0.4, 0.5) is 0 Å². The van der Waals surface area contributed by atoms with E-state index in [1.807, 2.05) is 20.8 Å². The number of ether oxygens (including phenoxy) is 7. The average molecular weight is 786 g/mol. The van der Waals surface area contributed by atoms with Crippen molar-refractivity contribution >= 4 is 37.2 Å². The van der Waals surface area contributed by atoms with E-state index in [1.54, 1.807) is 0 Å². The van der Waals surface area contributed by atoms with Gasteiger partial charge in [-0.15, -0.1) is 0 Å². The molecule has 0 radical (unpaired) electrons. The standard InChI is InChI=1S/C9H20O5.C8H18O4.C7H14O3.I2/c1-3-9(4-10,5-11)6-13-8-14-7-12-2;1-3-8(4-9,5-10)6-12-7-11-2;1-2-7(3-8)4-9-6-10-5-7;1-2/h10-11H,3-8H2,1-2H3;9-10H,3-7H2,1-2H3;8H,2-6H2,1H3;. The molecule has 0 spiro atoms. The van der Waals surface area contributed by atoms with E-state index in [9.17, 15) is 0 Å². The normalized spacial score (nSPS) is 14.8. The predicted octanol–water partition coefficient (Wildman–Crippen LogP) is 2.10. The van der Waals surface area contributed by atoms with E-state index in [2.05, 4.69) is 46.7 Å². The van der Waals surface area contributed by atoms with Crippen LogP contribution in [0.25, 0.3) is 0 Å². The minimum absolute atomic E-state index is 0.0658. The number of hydrogen-bond acceptors (Lipinski definition) is 12. The smallest absolute Gasteiger partial charge is 0.149 e. The molecule has 1 aliphatic heterocycles. The van der Waals surface area contributed by atoms with E-state index in [0.717, 1.165) is 6.42 Å². The molecule has 0 saturated carbocycles. The van der Waals surface area contributed by atoms with Gasteiger partial charge in [-0.05, 0) is 19.3 Å². The lowest BCUT2D eigenvalue weighted by molar-refractivity contribution is -0.176. The third-order valence-electron chi connectivity index (χ3n) is 6.30. The number of halogens is 2. The zero-order valence-corrected chi connectivity index (χ0v) is 28.0. The Morgan fingerprint density at radius 3 is 1.37 bits per heavy atom. The number of aliphatic hydroxyl groups is 5. The summed E-state index contributed by atoms with van der Waals surface area (Å²) in [4.78, 5) is 0. The first-order valence-corrected chi connectivity index (χ1v) is 18.7. The molecule has 0 aromatic rings. The van der Waals surface area contributed by atoms with E-state index in [1.165, 1.54) is 14.2 Å². The maximum absolute atomic E-state index is 9.07. The van der Waals surface area contributed by atoms with Gasteiger partial charge in [0.05, 0.1) is 59.5 Å². The largest absolute Gasteiger partial charge is 0.396 e. The SMILES string of the molecule is CCC(CO)(CO)COCOC.CCC(CO)(CO)COCOCOC.CCC1(CO)COCOC1.II. The maximum atomic E-state index is 9.07. The van der Waals surface area contributed by atoms with Crippen LogP contribution in [0.1, 0.15) is 40.0 Å². The van der Waals surface area contributed by atoms with Crippen LogP contribution in [0.2, 0.25) is 0 Å². The van der Waals surface area contributed by atoms with Gasteiger partial charge in [0.2, 0.25) is 0 Å². The summed E-state index contributed by atoms with van der Waals surface area (Å²) in [7, 11) is 3.06. The van der Waals surface area contributed by atoms with Gasteiger partial charge in [-0.2, -0.15) is 0 Å². The van der Waals surface area contributed by atoms with Crippen molar-refractivity contribution in [2.75, 3.05) is 101 Å². The minimum Gasteiger partial charge on any atom is -0.396 e. The second-order valence-electron chi connectivity index (χ2n) is 9.00. The molecule has 1 aliphatic rings. The lowest BCUT2D eigenvalue weighted by Gasteiger charge is -2.33. The summed E-state index contributed by atoms with van der Waals surface area (Å²) in [6.45, 7) is 8.38. The summed E-state index contributed by atoms with van der Waals surface area (Å²) >= 11 is 4.24. The van der Waals surface area contributed by atoms with E-state index >= 15 is 0 Å². The van der Waals surface area contributed by atoms with Crippen LogP contribution < -0.4 is 0 Å². The molecule has 5 N–H and O–H groups in total. The van der Waals surface area contributed by atoms with Crippen LogP contribution in [-0.4, -0.2) is 126 Å². The summed E-state index contributed by atoms with van der Waals surface area (Å²) in [5.41, 5.74) is -1.20. The summed E-state index contributed by atoms with van der Waals surface area (Å²) in [6, 6.07) is 0. The molecule has 1 heterocycles. The van der Waals surface area contributed by atoms with Crippen molar-refractivity contribution in [3.8, 4) is 0 Å². The van der Waals surface area contributed by atoms with Crippen molar-refractivity contribution in [1.82, 2.24) is 0 Å². The van der Waals surface area contributed by atoms with Gasteiger partial charge in [-0.3, -0.25) is 0 Å². The lowest BCUT2D eigenvalue weighted by Crippen LogP contribution is -2.39.